The summed E-state index contributed by atoms with van der Waals surface area (Å²) in [7, 11) is 0. The maximum atomic E-state index is 13.4. The second-order valence-electron chi connectivity index (χ2n) is 5.46. The molecule has 4 nitrogen and oxygen atoms in total. The van der Waals surface area contributed by atoms with Gasteiger partial charge in [0.2, 0.25) is 5.91 Å². The van der Waals surface area contributed by atoms with Gasteiger partial charge in [0.15, 0.2) is 0 Å². The SMILES string of the molecule is O=C(CNC(=O)c1ccc(F)cc1F)NCC#Cc1cccc(C(F)(F)F)c1. The number of alkyl halides is 3. The molecule has 0 heterocycles. The third kappa shape index (κ3) is 6.09. The first-order valence-corrected chi connectivity index (χ1v) is 7.83. The van der Waals surface area contributed by atoms with Gasteiger partial charge in [0.1, 0.15) is 11.6 Å². The van der Waals surface area contributed by atoms with Gasteiger partial charge in [-0.05, 0) is 30.3 Å². The Balaban J connectivity index is 1.82. The number of hydrogen-bond donors (Lipinski definition) is 2. The number of carbonyl (C=O) groups excluding carboxylic acids is 2. The van der Waals surface area contributed by atoms with Crippen molar-refractivity contribution in [2.75, 3.05) is 13.1 Å². The van der Waals surface area contributed by atoms with Crippen LogP contribution in [0, 0.1) is 23.5 Å². The lowest BCUT2D eigenvalue weighted by molar-refractivity contribution is -0.137. The molecule has 0 aliphatic rings. The van der Waals surface area contributed by atoms with Gasteiger partial charge in [-0.1, -0.05) is 17.9 Å². The van der Waals surface area contributed by atoms with Crippen molar-refractivity contribution in [2.24, 2.45) is 0 Å². The maximum Gasteiger partial charge on any atom is 0.416 e. The molecule has 0 bridgehead atoms. The van der Waals surface area contributed by atoms with Crippen LogP contribution in [0.25, 0.3) is 0 Å². The molecular weight excluding hydrogens is 383 g/mol. The lowest BCUT2D eigenvalue weighted by Gasteiger charge is -2.06. The van der Waals surface area contributed by atoms with Gasteiger partial charge in [0.05, 0.1) is 24.2 Å². The van der Waals surface area contributed by atoms with Crippen molar-refractivity contribution in [3.8, 4) is 11.8 Å². The first-order chi connectivity index (χ1) is 13.2. The fourth-order valence-corrected chi connectivity index (χ4v) is 2.05. The Hall–Kier alpha value is -3.41. The summed E-state index contributed by atoms with van der Waals surface area (Å²) < 4.78 is 64.0. The van der Waals surface area contributed by atoms with E-state index in [1.165, 1.54) is 12.1 Å². The van der Waals surface area contributed by atoms with Gasteiger partial charge in [0, 0.05) is 11.6 Å². The number of benzene rings is 2. The summed E-state index contributed by atoms with van der Waals surface area (Å²) in [6, 6.07) is 6.79. The molecule has 0 aliphatic carbocycles. The molecule has 0 spiro atoms. The Kier molecular flexibility index (Phi) is 6.71. The zero-order valence-corrected chi connectivity index (χ0v) is 14.2. The molecule has 2 aromatic carbocycles. The summed E-state index contributed by atoms with van der Waals surface area (Å²) in [5.74, 6) is 1.51. The molecule has 0 unspecified atom stereocenters. The van der Waals surface area contributed by atoms with Crippen LogP contribution in [0.15, 0.2) is 42.5 Å². The van der Waals surface area contributed by atoms with Crippen LogP contribution in [0.2, 0.25) is 0 Å². The molecule has 2 aromatic rings. The van der Waals surface area contributed by atoms with Gasteiger partial charge in [-0.2, -0.15) is 13.2 Å². The molecule has 9 heteroatoms. The summed E-state index contributed by atoms with van der Waals surface area (Å²) in [6.07, 6.45) is -4.48. The van der Waals surface area contributed by atoms with Gasteiger partial charge >= 0.3 is 6.18 Å². The van der Waals surface area contributed by atoms with Crippen molar-refractivity contribution >= 4 is 11.8 Å². The minimum Gasteiger partial charge on any atom is -0.344 e. The van der Waals surface area contributed by atoms with E-state index in [4.69, 9.17) is 0 Å². The second kappa shape index (κ2) is 8.99. The highest BCUT2D eigenvalue weighted by atomic mass is 19.4. The van der Waals surface area contributed by atoms with Crippen molar-refractivity contribution in [3.63, 3.8) is 0 Å². The Bertz CT molecular complexity index is 945. The van der Waals surface area contributed by atoms with Crippen molar-refractivity contribution in [1.82, 2.24) is 10.6 Å². The van der Waals surface area contributed by atoms with Crippen LogP contribution in [0.3, 0.4) is 0 Å². The number of amides is 2. The van der Waals surface area contributed by atoms with Crippen molar-refractivity contribution in [2.45, 2.75) is 6.18 Å². The molecular formula is C19H13F5N2O2. The van der Waals surface area contributed by atoms with E-state index < -0.39 is 47.3 Å². The van der Waals surface area contributed by atoms with Crippen LogP contribution in [0.5, 0.6) is 0 Å². The standard InChI is InChI=1S/C19H13F5N2O2/c20-14-6-7-15(16(21)10-14)18(28)26-11-17(27)25-8-2-4-12-3-1-5-13(9-12)19(22,23)24/h1,3,5-7,9-10H,8,11H2,(H,25,27)(H,26,28). The fourth-order valence-electron chi connectivity index (χ4n) is 2.05. The lowest BCUT2D eigenvalue weighted by atomic mass is 10.1. The molecule has 0 fully saturated rings. The molecule has 2 N–H and O–H groups in total. The smallest absolute Gasteiger partial charge is 0.344 e. The third-order valence-corrected chi connectivity index (χ3v) is 3.38. The molecule has 0 atom stereocenters. The molecule has 0 saturated heterocycles. The van der Waals surface area contributed by atoms with Crippen LogP contribution in [0.4, 0.5) is 22.0 Å². The number of rotatable bonds is 4. The molecule has 2 rings (SSSR count). The van der Waals surface area contributed by atoms with Gasteiger partial charge < -0.3 is 10.6 Å². The predicted octanol–water partition coefficient (Wildman–Crippen LogP) is 2.88. The van der Waals surface area contributed by atoms with Crippen molar-refractivity contribution in [1.29, 1.82) is 0 Å². The van der Waals surface area contributed by atoms with E-state index in [-0.39, 0.29) is 12.1 Å². The fraction of sp³-hybridized carbons (Fsp3) is 0.158. The third-order valence-electron chi connectivity index (χ3n) is 3.38. The predicted molar refractivity (Wildman–Crippen MR) is 90.0 cm³/mol. The monoisotopic (exact) mass is 396 g/mol. The highest BCUT2D eigenvalue weighted by molar-refractivity contribution is 5.96. The van der Waals surface area contributed by atoms with Crippen molar-refractivity contribution in [3.05, 3.63) is 70.8 Å². The summed E-state index contributed by atoms with van der Waals surface area (Å²) in [4.78, 5) is 23.4. The number of hydrogen-bond acceptors (Lipinski definition) is 2. The summed E-state index contributed by atoms with van der Waals surface area (Å²) in [5.41, 5.74) is -1.12. The van der Waals surface area contributed by atoms with Crippen LogP contribution in [-0.2, 0) is 11.0 Å². The summed E-state index contributed by atoms with van der Waals surface area (Å²) in [6.45, 7) is -0.656. The maximum absolute atomic E-state index is 13.4. The zero-order valence-electron chi connectivity index (χ0n) is 14.2. The van der Waals surface area contributed by atoms with Gasteiger partial charge in [0.25, 0.3) is 5.91 Å². The van der Waals surface area contributed by atoms with E-state index in [9.17, 15) is 31.5 Å². The molecule has 2 amide bonds. The number of nitrogens with one attached hydrogen (secondary N) is 2. The molecule has 0 aromatic heterocycles. The van der Waals surface area contributed by atoms with Crippen LogP contribution in [0.1, 0.15) is 21.5 Å². The lowest BCUT2D eigenvalue weighted by Crippen LogP contribution is -2.37. The van der Waals surface area contributed by atoms with Gasteiger partial charge in [-0.3, -0.25) is 9.59 Å². The molecule has 146 valence electrons. The Morgan fingerprint density at radius 3 is 2.43 bits per heavy atom. The number of carbonyl (C=O) groups is 2. The molecule has 0 saturated carbocycles. The van der Waals surface area contributed by atoms with E-state index >= 15 is 0 Å². The molecule has 0 radical (unpaired) electrons. The summed E-state index contributed by atoms with van der Waals surface area (Å²) in [5, 5.41) is 4.48. The Morgan fingerprint density at radius 1 is 1.00 bits per heavy atom. The Morgan fingerprint density at radius 2 is 1.75 bits per heavy atom. The quantitative estimate of drug-likeness (QED) is 0.617. The number of halogens is 5. The van der Waals surface area contributed by atoms with Gasteiger partial charge in [-0.15, -0.1) is 0 Å². The second-order valence-corrected chi connectivity index (χ2v) is 5.46. The average Bonchev–Trinajstić information content (AvgIpc) is 2.63. The van der Waals surface area contributed by atoms with E-state index in [0.717, 1.165) is 24.3 Å². The minimum atomic E-state index is -4.48. The topological polar surface area (TPSA) is 58.2 Å². The Labute approximate surface area is 156 Å². The van der Waals surface area contributed by atoms with Crippen LogP contribution >= 0.6 is 0 Å². The van der Waals surface area contributed by atoms with E-state index in [1.54, 1.807) is 0 Å². The largest absolute Gasteiger partial charge is 0.416 e. The zero-order chi connectivity index (χ0) is 20.7. The van der Waals surface area contributed by atoms with Gasteiger partial charge in [-0.25, -0.2) is 8.78 Å². The molecule has 28 heavy (non-hydrogen) atoms. The van der Waals surface area contributed by atoms with Crippen molar-refractivity contribution < 1.29 is 31.5 Å². The summed E-state index contributed by atoms with van der Waals surface area (Å²) >= 11 is 0. The highest BCUT2D eigenvalue weighted by Gasteiger charge is 2.30. The van der Waals surface area contributed by atoms with Crippen LogP contribution < -0.4 is 10.6 Å². The highest BCUT2D eigenvalue weighted by Crippen LogP contribution is 2.29. The first kappa shape index (κ1) is 20.9. The van der Waals surface area contributed by atoms with E-state index in [2.05, 4.69) is 22.5 Å². The normalized spacial score (nSPS) is 10.6. The van der Waals surface area contributed by atoms with Crippen LogP contribution in [-0.4, -0.2) is 24.9 Å². The minimum absolute atomic E-state index is 0.129. The molecule has 0 aliphatic heterocycles. The first-order valence-electron chi connectivity index (χ1n) is 7.83. The van der Waals surface area contributed by atoms with E-state index in [0.29, 0.717) is 6.07 Å². The average molecular weight is 396 g/mol. The van der Waals surface area contributed by atoms with E-state index in [1.807, 2.05) is 0 Å².